The van der Waals surface area contributed by atoms with Gasteiger partial charge in [-0.15, -0.1) is 0 Å². The number of aryl methyl sites for hydroxylation is 2. The molecule has 3 aromatic rings. The molecule has 1 aliphatic heterocycles. The Balaban J connectivity index is 1.79. The second kappa shape index (κ2) is 8.86. The first-order chi connectivity index (χ1) is 15.2. The first-order valence-electron chi connectivity index (χ1n) is 10.6. The molecular weight excluding hydrogens is 427 g/mol. The molecule has 4 rings (SSSR count). The third-order valence-electron chi connectivity index (χ3n) is 5.85. The summed E-state index contributed by atoms with van der Waals surface area (Å²) in [6.45, 7) is 2.52. The molecule has 2 bridgehead atoms. The Morgan fingerprint density at radius 3 is 2.81 bits per heavy atom. The second-order valence-electron chi connectivity index (χ2n) is 8.32. The Hall–Kier alpha value is -3.00. The van der Waals surface area contributed by atoms with E-state index in [9.17, 15) is 8.60 Å². The van der Waals surface area contributed by atoms with Crippen molar-refractivity contribution < 1.29 is 13.3 Å². The van der Waals surface area contributed by atoms with Gasteiger partial charge in [0.1, 0.15) is 17.4 Å². The molecule has 2 heterocycles. The van der Waals surface area contributed by atoms with Crippen LogP contribution < -0.4 is 10.5 Å². The van der Waals surface area contributed by atoms with Gasteiger partial charge in [0.05, 0.1) is 33.9 Å². The van der Waals surface area contributed by atoms with Gasteiger partial charge in [-0.2, -0.15) is 0 Å². The van der Waals surface area contributed by atoms with Crippen LogP contribution in [0.15, 0.2) is 47.5 Å². The van der Waals surface area contributed by atoms with Crippen LogP contribution in [-0.2, 0) is 22.6 Å². The lowest BCUT2D eigenvalue weighted by atomic mass is 9.94. The Bertz CT molecular complexity index is 1260. The van der Waals surface area contributed by atoms with Gasteiger partial charge in [0.2, 0.25) is 0 Å². The largest absolute Gasteiger partial charge is 0.493 e. The number of ether oxygens (including phenoxy) is 1. The number of rotatable bonds is 1. The van der Waals surface area contributed by atoms with Crippen LogP contribution in [0.1, 0.15) is 42.5 Å². The van der Waals surface area contributed by atoms with E-state index in [-0.39, 0.29) is 11.7 Å². The van der Waals surface area contributed by atoms with Crippen molar-refractivity contribution in [2.75, 3.05) is 18.6 Å². The number of benzene rings is 2. The predicted molar refractivity (Wildman–Crippen MR) is 124 cm³/mol. The van der Waals surface area contributed by atoms with Gasteiger partial charge in [-0.25, -0.2) is 23.3 Å². The fraction of sp³-hybridized carbons (Fsp3) is 0.333. The number of hydrogen-bond donors (Lipinski definition) is 2. The topological polar surface area (TPSA) is 102 Å². The average Bonchev–Trinajstić information content (AvgIpc) is 2.75. The molecule has 0 spiro atoms. The maximum atomic E-state index is 13.9. The molecule has 8 heteroatoms. The highest BCUT2D eigenvalue weighted by molar-refractivity contribution is 7.91. The molecule has 2 aromatic carbocycles. The number of halogens is 1. The smallest absolute Gasteiger partial charge is 0.145 e. The fourth-order valence-electron chi connectivity index (χ4n) is 3.99. The molecule has 1 aliphatic rings. The van der Waals surface area contributed by atoms with Gasteiger partial charge < -0.3 is 10.5 Å². The number of nitrogens with zero attached hydrogens (tertiary/aromatic N) is 2. The summed E-state index contributed by atoms with van der Waals surface area (Å²) in [5.74, 6) is 0.814. The first kappa shape index (κ1) is 22.2. The van der Waals surface area contributed by atoms with E-state index < -0.39 is 9.73 Å². The molecule has 1 aromatic heterocycles. The van der Waals surface area contributed by atoms with Crippen molar-refractivity contribution in [3.8, 4) is 17.0 Å². The van der Waals surface area contributed by atoms with Crippen molar-refractivity contribution in [2.45, 2.75) is 43.4 Å². The summed E-state index contributed by atoms with van der Waals surface area (Å²) < 4.78 is 40.3. The third-order valence-corrected chi connectivity index (χ3v) is 7.00. The van der Waals surface area contributed by atoms with E-state index in [1.165, 1.54) is 18.4 Å². The molecule has 6 nitrogen and oxygen atoms in total. The van der Waals surface area contributed by atoms with E-state index in [0.717, 1.165) is 23.1 Å². The van der Waals surface area contributed by atoms with E-state index in [1.807, 2.05) is 13.0 Å². The zero-order valence-electron chi connectivity index (χ0n) is 18.2. The van der Waals surface area contributed by atoms with Crippen molar-refractivity contribution in [3.63, 3.8) is 0 Å². The maximum Gasteiger partial charge on any atom is 0.145 e. The van der Waals surface area contributed by atoms with Crippen molar-refractivity contribution in [1.82, 2.24) is 9.97 Å². The SMILES string of the molecule is C[C@H]1CCc2nc(cnc2N)-c2cc(S(C)(=N)=O)ccc2CCCOc2ccc(F)cc21. The minimum Gasteiger partial charge on any atom is -0.493 e. The van der Waals surface area contributed by atoms with E-state index >= 15 is 0 Å². The average molecular weight is 455 g/mol. The Labute approximate surface area is 188 Å². The first-order valence-corrected chi connectivity index (χ1v) is 12.6. The summed E-state index contributed by atoms with van der Waals surface area (Å²) in [7, 11) is -2.87. The molecule has 0 aliphatic carbocycles. The van der Waals surface area contributed by atoms with Gasteiger partial charge >= 0.3 is 0 Å². The standard InChI is InChI=1S/C24H27FN4O2S/c1-15-5-9-21-24(26)28-14-22(29-21)20-13-18(32(2,27)30)8-6-16(20)4-3-11-31-23-10-7-17(25)12-19(15)23/h6-8,10,12-15,27H,3-5,9,11H2,1-2H3,(H2,26,28)/t15-,32?/m0/s1. The summed E-state index contributed by atoms with van der Waals surface area (Å²) in [6.07, 6.45) is 5.74. The van der Waals surface area contributed by atoms with E-state index in [1.54, 1.807) is 24.4 Å². The minimum atomic E-state index is -2.87. The van der Waals surface area contributed by atoms with Crippen LogP contribution in [0, 0.1) is 10.6 Å². The van der Waals surface area contributed by atoms with E-state index in [2.05, 4.69) is 4.98 Å². The molecule has 3 N–H and O–H groups in total. The summed E-state index contributed by atoms with van der Waals surface area (Å²) in [4.78, 5) is 9.60. The molecule has 2 atom stereocenters. The monoisotopic (exact) mass is 454 g/mol. The van der Waals surface area contributed by atoms with Crippen molar-refractivity contribution in [3.05, 3.63) is 65.2 Å². The second-order valence-corrected chi connectivity index (χ2v) is 10.5. The number of anilines is 1. The molecular formula is C24H27FN4O2S. The Kier molecular flexibility index (Phi) is 6.15. The lowest BCUT2D eigenvalue weighted by molar-refractivity contribution is 0.305. The molecule has 0 fully saturated rings. The van der Waals surface area contributed by atoms with Crippen LogP contribution >= 0.6 is 0 Å². The maximum absolute atomic E-state index is 13.9. The number of nitrogens with one attached hydrogen (secondary N) is 1. The fourth-order valence-corrected chi connectivity index (χ4v) is 4.66. The highest BCUT2D eigenvalue weighted by Gasteiger charge is 2.18. The number of nitrogens with two attached hydrogens (primary N) is 1. The summed E-state index contributed by atoms with van der Waals surface area (Å²) in [6, 6.07) is 10.1. The number of nitrogen functional groups attached to an aromatic ring is 1. The molecule has 168 valence electrons. The number of hydrogen-bond acceptors (Lipinski definition) is 6. The normalized spacial score (nSPS) is 18.4. The number of fused-ring (bicyclic) bond motifs is 5. The van der Waals surface area contributed by atoms with Gasteiger partial charge in [0, 0.05) is 16.7 Å². The van der Waals surface area contributed by atoms with Gasteiger partial charge in [0.15, 0.2) is 0 Å². The Morgan fingerprint density at radius 2 is 2.03 bits per heavy atom. The molecule has 0 saturated heterocycles. The zero-order chi connectivity index (χ0) is 22.9. The van der Waals surface area contributed by atoms with Gasteiger partial charge in [-0.3, -0.25) is 0 Å². The van der Waals surface area contributed by atoms with Gasteiger partial charge in [-0.05, 0) is 73.1 Å². The summed E-state index contributed by atoms with van der Waals surface area (Å²) >= 11 is 0. The van der Waals surface area contributed by atoms with Crippen LogP contribution in [-0.4, -0.2) is 27.0 Å². The molecule has 0 amide bonds. The number of aromatic nitrogens is 2. The van der Waals surface area contributed by atoms with Gasteiger partial charge in [0.25, 0.3) is 0 Å². The predicted octanol–water partition coefficient (Wildman–Crippen LogP) is 4.96. The van der Waals surface area contributed by atoms with Crippen LogP contribution in [0.4, 0.5) is 10.2 Å². The molecule has 0 saturated carbocycles. The molecule has 1 unspecified atom stereocenters. The zero-order valence-corrected chi connectivity index (χ0v) is 19.0. The third kappa shape index (κ3) is 4.75. The van der Waals surface area contributed by atoms with Crippen LogP contribution in [0.2, 0.25) is 0 Å². The van der Waals surface area contributed by atoms with Crippen molar-refractivity contribution in [1.29, 1.82) is 4.78 Å². The molecule has 0 radical (unpaired) electrons. The quantitative estimate of drug-likeness (QED) is 0.541. The summed E-state index contributed by atoms with van der Waals surface area (Å²) in [5.41, 5.74) is 10.1. The lowest BCUT2D eigenvalue weighted by Crippen LogP contribution is -2.09. The van der Waals surface area contributed by atoms with E-state index in [4.69, 9.17) is 20.2 Å². The molecule has 32 heavy (non-hydrogen) atoms. The van der Waals surface area contributed by atoms with Crippen LogP contribution in [0.5, 0.6) is 5.75 Å². The lowest BCUT2D eigenvalue weighted by Gasteiger charge is -2.19. The van der Waals surface area contributed by atoms with Crippen LogP contribution in [0.3, 0.4) is 0 Å². The van der Waals surface area contributed by atoms with E-state index in [0.29, 0.717) is 53.7 Å². The van der Waals surface area contributed by atoms with Crippen molar-refractivity contribution >= 4 is 15.5 Å². The Morgan fingerprint density at radius 1 is 1.22 bits per heavy atom. The van der Waals surface area contributed by atoms with Crippen LogP contribution in [0.25, 0.3) is 11.3 Å². The van der Waals surface area contributed by atoms with Gasteiger partial charge in [-0.1, -0.05) is 13.0 Å². The van der Waals surface area contributed by atoms with Crippen molar-refractivity contribution in [2.24, 2.45) is 0 Å². The summed E-state index contributed by atoms with van der Waals surface area (Å²) in [5, 5.41) is 0. The minimum absolute atomic E-state index is 0.0421. The highest BCUT2D eigenvalue weighted by atomic mass is 32.2. The highest BCUT2D eigenvalue weighted by Crippen LogP contribution is 2.33.